The Morgan fingerprint density at radius 2 is 2.00 bits per heavy atom. The molecule has 1 heterocycles. The lowest BCUT2D eigenvalue weighted by atomic mass is 10.1. The molecule has 1 aromatic carbocycles. The Morgan fingerprint density at radius 3 is 2.63 bits per heavy atom. The van der Waals surface area contributed by atoms with Gasteiger partial charge in [0.2, 0.25) is 0 Å². The van der Waals surface area contributed by atoms with Crippen LogP contribution < -0.4 is 10.5 Å². The van der Waals surface area contributed by atoms with Gasteiger partial charge >= 0.3 is 6.01 Å². The highest BCUT2D eigenvalue weighted by atomic mass is 32.1. The second-order valence-corrected chi connectivity index (χ2v) is 4.25. The summed E-state index contributed by atoms with van der Waals surface area (Å²) in [5, 5.41) is 8.83. The minimum absolute atomic E-state index is 0.124. The molecule has 0 aliphatic carbocycles. The van der Waals surface area contributed by atoms with Crippen LogP contribution in [0.4, 0.5) is 0 Å². The molecule has 0 radical (unpaired) electrons. The molecule has 2 aromatic rings. The predicted octanol–water partition coefficient (Wildman–Crippen LogP) is 1.44. The number of rotatable bonds is 5. The van der Waals surface area contributed by atoms with E-state index in [1.54, 1.807) is 18.2 Å². The number of nitrogens with two attached hydrogens (primary N) is 1. The molecular formula is C13H13N3O2S. The Hall–Kier alpha value is -2.05. The molecule has 0 aliphatic heterocycles. The number of benzene rings is 1. The largest absolute Gasteiger partial charge is 0.424 e. The first-order chi connectivity index (χ1) is 9.19. The zero-order valence-corrected chi connectivity index (χ0v) is 10.9. The predicted molar refractivity (Wildman–Crippen MR) is 75.2 cm³/mol. The number of nitrogens with zero attached hydrogens (tertiary/aromatic N) is 2. The number of hydrogen-bond donors (Lipinski definition) is 2. The lowest BCUT2D eigenvalue weighted by Gasteiger charge is -2.05. The molecule has 0 atom stereocenters. The zero-order valence-electron chi connectivity index (χ0n) is 10.1. The fourth-order valence-corrected chi connectivity index (χ4v) is 1.60. The van der Waals surface area contributed by atoms with E-state index in [9.17, 15) is 0 Å². The first-order valence-corrected chi connectivity index (χ1v) is 6.10. The van der Waals surface area contributed by atoms with Gasteiger partial charge in [-0.2, -0.15) is 4.98 Å². The maximum Gasteiger partial charge on any atom is 0.322 e. The van der Waals surface area contributed by atoms with Crippen LogP contribution in [0.25, 0.3) is 0 Å². The van der Waals surface area contributed by atoms with Crippen molar-refractivity contribution in [2.45, 2.75) is 6.42 Å². The Labute approximate surface area is 116 Å². The summed E-state index contributed by atoms with van der Waals surface area (Å²) in [4.78, 5) is 8.27. The molecule has 0 amide bonds. The summed E-state index contributed by atoms with van der Waals surface area (Å²) >= 11 is 4.84. The van der Waals surface area contributed by atoms with Crippen molar-refractivity contribution in [2.75, 3.05) is 6.61 Å². The van der Waals surface area contributed by atoms with Crippen LogP contribution in [0.2, 0.25) is 0 Å². The van der Waals surface area contributed by atoms with E-state index >= 15 is 0 Å². The minimum atomic E-state index is 0.124. The Kier molecular flexibility index (Phi) is 4.38. The number of aliphatic hydroxyl groups is 1. The van der Waals surface area contributed by atoms with Crippen LogP contribution >= 0.6 is 12.2 Å². The molecule has 0 fully saturated rings. The lowest BCUT2D eigenvalue weighted by molar-refractivity contribution is 0.299. The SMILES string of the molecule is NC(=S)c1ccnc(Oc2ccc(CCO)cc2)n1. The molecule has 0 saturated carbocycles. The zero-order chi connectivity index (χ0) is 13.7. The fraction of sp³-hybridized carbons (Fsp3) is 0.154. The van der Waals surface area contributed by atoms with Crippen LogP contribution in [0.3, 0.4) is 0 Å². The van der Waals surface area contributed by atoms with Crippen LogP contribution in [0.1, 0.15) is 11.3 Å². The average Bonchev–Trinajstić information content (AvgIpc) is 2.42. The van der Waals surface area contributed by atoms with Gasteiger partial charge in [0.1, 0.15) is 16.4 Å². The fourth-order valence-electron chi connectivity index (χ4n) is 1.49. The maximum absolute atomic E-state index is 8.83. The number of aliphatic hydroxyl groups excluding tert-OH is 1. The average molecular weight is 275 g/mol. The monoisotopic (exact) mass is 275 g/mol. The van der Waals surface area contributed by atoms with Gasteiger partial charge in [-0.05, 0) is 30.2 Å². The molecule has 5 nitrogen and oxygen atoms in total. The quantitative estimate of drug-likeness (QED) is 0.804. The number of ether oxygens (including phenoxy) is 1. The molecule has 6 heteroatoms. The first kappa shape index (κ1) is 13.4. The van der Waals surface area contributed by atoms with Gasteiger partial charge in [0.05, 0.1) is 0 Å². The molecule has 98 valence electrons. The summed E-state index contributed by atoms with van der Waals surface area (Å²) < 4.78 is 5.50. The van der Waals surface area contributed by atoms with Gasteiger partial charge in [0.15, 0.2) is 0 Å². The van der Waals surface area contributed by atoms with Crippen LogP contribution in [0.15, 0.2) is 36.5 Å². The Bertz CT molecular complexity index is 572. The molecule has 0 unspecified atom stereocenters. The topological polar surface area (TPSA) is 81.3 Å². The van der Waals surface area contributed by atoms with E-state index < -0.39 is 0 Å². The highest BCUT2D eigenvalue weighted by molar-refractivity contribution is 7.80. The van der Waals surface area contributed by atoms with Crippen molar-refractivity contribution in [1.29, 1.82) is 0 Å². The second-order valence-electron chi connectivity index (χ2n) is 3.81. The van der Waals surface area contributed by atoms with Gasteiger partial charge in [0.25, 0.3) is 0 Å². The highest BCUT2D eigenvalue weighted by Crippen LogP contribution is 2.18. The molecule has 2 rings (SSSR count). The van der Waals surface area contributed by atoms with Crippen molar-refractivity contribution in [3.63, 3.8) is 0 Å². The third-order valence-corrected chi connectivity index (χ3v) is 2.63. The summed E-state index contributed by atoms with van der Waals surface area (Å²) in [6.45, 7) is 0.124. The van der Waals surface area contributed by atoms with Crippen molar-refractivity contribution >= 4 is 17.2 Å². The normalized spacial score (nSPS) is 10.2. The van der Waals surface area contributed by atoms with Gasteiger partial charge in [0, 0.05) is 12.8 Å². The summed E-state index contributed by atoms with van der Waals surface area (Å²) in [7, 11) is 0. The number of hydrogen-bond acceptors (Lipinski definition) is 5. The van der Waals surface area contributed by atoms with E-state index in [-0.39, 0.29) is 17.6 Å². The molecule has 1 aromatic heterocycles. The third-order valence-electron chi connectivity index (χ3n) is 2.42. The van der Waals surface area contributed by atoms with Gasteiger partial charge in [-0.15, -0.1) is 0 Å². The minimum Gasteiger partial charge on any atom is -0.424 e. The van der Waals surface area contributed by atoms with E-state index in [4.69, 9.17) is 27.8 Å². The van der Waals surface area contributed by atoms with Gasteiger partial charge in [-0.25, -0.2) is 4.98 Å². The Morgan fingerprint density at radius 1 is 1.26 bits per heavy atom. The van der Waals surface area contributed by atoms with Crippen LogP contribution in [0.5, 0.6) is 11.8 Å². The first-order valence-electron chi connectivity index (χ1n) is 5.69. The van der Waals surface area contributed by atoms with Crippen molar-refractivity contribution in [3.8, 4) is 11.8 Å². The smallest absolute Gasteiger partial charge is 0.322 e. The Balaban J connectivity index is 2.12. The van der Waals surface area contributed by atoms with Crippen LogP contribution in [0, 0.1) is 0 Å². The maximum atomic E-state index is 8.83. The van der Waals surface area contributed by atoms with Crippen molar-refractivity contribution in [1.82, 2.24) is 9.97 Å². The van der Waals surface area contributed by atoms with Crippen molar-refractivity contribution in [2.24, 2.45) is 5.73 Å². The van der Waals surface area contributed by atoms with E-state index in [0.717, 1.165) is 5.56 Å². The summed E-state index contributed by atoms with van der Waals surface area (Å²) in [5.41, 5.74) is 7.00. The molecule has 3 N–H and O–H groups in total. The summed E-state index contributed by atoms with van der Waals surface area (Å²) in [6, 6.07) is 9.16. The molecule has 0 spiro atoms. The van der Waals surface area contributed by atoms with E-state index in [1.165, 1.54) is 6.20 Å². The lowest BCUT2D eigenvalue weighted by Crippen LogP contribution is -2.12. The molecule has 0 aliphatic rings. The number of aromatic nitrogens is 2. The van der Waals surface area contributed by atoms with Crippen LogP contribution in [-0.4, -0.2) is 26.7 Å². The van der Waals surface area contributed by atoms with Crippen LogP contribution in [-0.2, 0) is 6.42 Å². The molecule has 0 saturated heterocycles. The molecule has 19 heavy (non-hydrogen) atoms. The van der Waals surface area contributed by atoms with Gasteiger partial charge in [-0.3, -0.25) is 0 Å². The number of thiocarbonyl (C=S) groups is 1. The second kappa shape index (κ2) is 6.21. The van der Waals surface area contributed by atoms with Gasteiger partial charge in [-0.1, -0.05) is 24.4 Å². The molecule has 0 bridgehead atoms. The summed E-state index contributed by atoms with van der Waals surface area (Å²) in [6.07, 6.45) is 2.16. The third kappa shape index (κ3) is 3.70. The van der Waals surface area contributed by atoms with E-state index in [0.29, 0.717) is 17.9 Å². The standard InChI is InChI=1S/C13H13N3O2S/c14-12(19)11-5-7-15-13(16-11)18-10-3-1-9(2-4-10)6-8-17/h1-5,7,17H,6,8H2,(H2,14,19). The highest BCUT2D eigenvalue weighted by Gasteiger charge is 2.04. The molecular weight excluding hydrogens is 262 g/mol. The van der Waals surface area contributed by atoms with E-state index in [2.05, 4.69) is 9.97 Å². The van der Waals surface area contributed by atoms with Crippen molar-refractivity contribution in [3.05, 3.63) is 47.8 Å². The van der Waals surface area contributed by atoms with E-state index in [1.807, 2.05) is 12.1 Å². The summed E-state index contributed by atoms with van der Waals surface area (Å²) in [5.74, 6) is 0.613. The van der Waals surface area contributed by atoms with Crippen molar-refractivity contribution < 1.29 is 9.84 Å². The van der Waals surface area contributed by atoms with Gasteiger partial charge < -0.3 is 15.6 Å².